The zero-order valence-electron chi connectivity index (χ0n) is 64.2. The maximum atomic E-state index is 8.96. The summed E-state index contributed by atoms with van der Waals surface area (Å²) in [5, 5.41) is 38.0. The van der Waals surface area contributed by atoms with E-state index in [0.29, 0.717) is 79.9 Å². The minimum absolute atomic E-state index is 0. The summed E-state index contributed by atoms with van der Waals surface area (Å²) < 4.78 is 47.3. The van der Waals surface area contributed by atoms with Crippen molar-refractivity contribution in [3.63, 3.8) is 0 Å². The molecule has 0 aliphatic carbocycles. The molecule has 3 fully saturated rings. The quantitative estimate of drug-likeness (QED) is 0.0450. The lowest BCUT2D eigenvalue weighted by atomic mass is 9.91. The molecule has 0 atom stereocenters. The number of benzene rings is 6. The van der Waals surface area contributed by atoms with E-state index in [2.05, 4.69) is 90.2 Å². The smallest absolute Gasteiger partial charge is 0.203 e. The van der Waals surface area contributed by atoms with E-state index in [-0.39, 0.29) is 24.8 Å². The summed E-state index contributed by atoms with van der Waals surface area (Å²) in [6.45, 7) is 32.6. The van der Waals surface area contributed by atoms with Crippen molar-refractivity contribution >= 4 is 74.8 Å². The van der Waals surface area contributed by atoms with Gasteiger partial charge >= 0.3 is 0 Å². The largest absolute Gasteiger partial charge is 0.488 e. The van der Waals surface area contributed by atoms with E-state index in [0.717, 1.165) is 235 Å². The van der Waals surface area contributed by atoms with Gasteiger partial charge in [-0.15, -0.1) is 24.8 Å². The van der Waals surface area contributed by atoms with Gasteiger partial charge in [-0.25, -0.2) is 14.5 Å². The predicted octanol–water partition coefficient (Wildman–Crippen LogP) is 18.5. The van der Waals surface area contributed by atoms with E-state index in [1.807, 2.05) is 145 Å². The monoisotopic (exact) mass is 1540 g/mol. The molecule has 8 heterocycles. The van der Waals surface area contributed by atoms with Crippen LogP contribution in [0.15, 0.2) is 156 Å². The number of hydrogen-bond donors (Lipinski definition) is 1. The zero-order chi connectivity index (χ0) is 76.0. The molecule has 11 aromatic rings. The van der Waals surface area contributed by atoms with Gasteiger partial charge in [-0.3, -0.25) is 9.80 Å². The summed E-state index contributed by atoms with van der Waals surface area (Å²) in [7, 11) is 12.2. The Bertz CT molecular complexity index is 4780. The van der Waals surface area contributed by atoms with Crippen molar-refractivity contribution in [3.05, 3.63) is 241 Å². The third kappa shape index (κ3) is 22.8. The number of likely N-dealkylation sites (tertiary alicyclic amines) is 2. The SMILES string of the molecule is Cl.Cl.[C-]#[N+]c1ccc(COc2ccc3c(CCC4CCN(Cc5ccc(C#N)o5)CC4)noc3c2CN(C)C)cc1.[C-]#[N+]c1ccc(COc2ccc3c(CCC4CCN(Cc5ccc(C#N)o5)CC4)noc3c2CN(C)C)cc1.[C-]#[N+]c1ccc(COc2ccc3c(CCC4CCNCC4)noc3c2CN(C)C)cc1. The summed E-state index contributed by atoms with van der Waals surface area (Å²) in [4.78, 5) is 21.5. The Hall–Kier alpha value is -10.5. The highest BCUT2D eigenvalue weighted by molar-refractivity contribution is 5.87. The first-order valence-electron chi connectivity index (χ1n) is 37.7. The van der Waals surface area contributed by atoms with Crippen molar-refractivity contribution in [2.45, 2.75) is 130 Å². The number of aromatic nitrogens is 3. The van der Waals surface area contributed by atoms with Crippen molar-refractivity contribution in [2.24, 2.45) is 17.8 Å². The molecule has 0 unspecified atom stereocenters. The lowest BCUT2D eigenvalue weighted by Gasteiger charge is -2.31. The topological polar surface area (TPSA) is 221 Å². The van der Waals surface area contributed by atoms with Crippen LogP contribution in [0, 0.1) is 60.1 Å². The normalized spacial score (nSPS) is 14.3. The lowest BCUT2D eigenvalue weighted by molar-refractivity contribution is 0.162. The molecule has 1 N–H and O–H groups in total. The highest BCUT2D eigenvalue weighted by atomic mass is 35.5. The van der Waals surface area contributed by atoms with Crippen molar-refractivity contribution < 1.29 is 36.6 Å². The average molecular weight is 1540 g/mol. The highest BCUT2D eigenvalue weighted by Gasteiger charge is 2.27. The van der Waals surface area contributed by atoms with E-state index in [1.165, 1.54) is 12.8 Å². The molecule has 0 radical (unpaired) electrons. The number of nitrogens with one attached hydrogen (secondary N) is 1. The Balaban J connectivity index is 0.000000177. The molecule has 14 rings (SSSR count). The number of fused-ring (bicyclic) bond motifs is 3. The Labute approximate surface area is 663 Å². The molecule has 111 heavy (non-hydrogen) atoms. The van der Waals surface area contributed by atoms with Crippen molar-refractivity contribution in [1.82, 2.24) is 45.3 Å². The van der Waals surface area contributed by atoms with E-state index >= 15 is 0 Å². The molecule has 6 aromatic carbocycles. The molecule has 22 nitrogen and oxygen atoms in total. The second-order valence-electron chi connectivity index (χ2n) is 29.6. The molecule has 3 saturated heterocycles. The van der Waals surface area contributed by atoms with Crippen LogP contribution in [0.3, 0.4) is 0 Å². The second kappa shape index (κ2) is 41.0. The van der Waals surface area contributed by atoms with Crippen LogP contribution in [0.2, 0.25) is 0 Å². The third-order valence-corrected chi connectivity index (χ3v) is 20.7. The van der Waals surface area contributed by atoms with Crippen LogP contribution in [0.1, 0.15) is 131 Å². The number of furan rings is 2. The number of hydrogen-bond acceptors (Lipinski definition) is 19. The second-order valence-corrected chi connectivity index (χ2v) is 29.6. The van der Waals surface area contributed by atoms with Gasteiger partial charge in [-0.2, -0.15) is 10.5 Å². The predicted molar refractivity (Wildman–Crippen MR) is 433 cm³/mol. The summed E-state index contributed by atoms with van der Waals surface area (Å²) >= 11 is 0. The van der Waals surface area contributed by atoms with Gasteiger partial charge in [0.15, 0.2) is 33.8 Å². The summed E-state index contributed by atoms with van der Waals surface area (Å²) in [6.07, 6.45) is 13.1. The fraction of sp³-hybridized carbons (Fsp3) is 0.402. The first kappa shape index (κ1) is 83.0. The van der Waals surface area contributed by atoms with Crippen LogP contribution in [0.4, 0.5) is 17.1 Å². The van der Waals surface area contributed by atoms with Gasteiger partial charge in [0.2, 0.25) is 11.5 Å². The molecular weight excluding hydrogens is 1440 g/mol. The fourth-order valence-electron chi connectivity index (χ4n) is 14.6. The molecule has 3 aliphatic heterocycles. The molecule has 578 valence electrons. The van der Waals surface area contributed by atoms with Gasteiger partial charge < -0.3 is 56.6 Å². The number of rotatable bonds is 28. The van der Waals surface area contributed by atoms with Crippen LogP contribution in [0.25, 0.3) is 47.4 Å². The molecule has 3 aliphatic rings. The minimum atomic E-state index is 0. The fourth-order valence-corrected chi connectivity index (χ4v) is 14.6. The first-order chi connectivity index (χ1) is 53.2. The molecule has 24 heteroatoms. The van der Waals surface area contributed by atoms with Gasteiger partial charge in [-0.05, 0) is 254 Å². The summed E-state index contributed by atoms with van der Waals surface area (Å²) in [6, 6.07) is 46.2. The molecule has 0 spiro atoms. The Morgan fingerprint density at radius 3 is 1.02 bits per heavy atom. The number of nitrogens with zero attached hydrogens (tertiary/aromatic N) is 13. The maximum absolute atomic E-state index is 8.96. The standard InChI is InChI=1S/2C31H33N5O3.C25H30N4O2.2ClH/c2*1-33-24-7-4-23(5-8-24)21-37-30-13-11-27-29(34-39-31(27)28(30)20-35(2)3)12-6-22-14-16-36(17-15-22)19-26-10-9-25(18-32)38-26;1-26-20-7-4-19(5-8-20)17-30-24-11-9-21-23(10-6-18-12-14-27-15-13-18)28-31-25(21)22(24)16-29(2)3;;/h2*4-5,7-11,13,22H,6,12,14-17,19-21H2,2-3H3;4-5,7-9,11,18,27H,6,10,12-17H2,2-3H3;2*1H. The van der Waals surface area contributed by atoms with E-state index in [9.17, 15) is 0 Å². The van der Waals surface area contributed by atoms with Gasteiger partial charge in [0.05, 0.1) is 66.6 Å². The van der Waals surface area contributed by atoms with Crippen LogP contribution >= 0.6 is 24.8 Å². The van der Waals surface area contributed by atoms with Crippen molar-refractivity contribution in [2.75, 3.05) is 81.6 Å². The number of piperidine rings is 3. The Morgan fingerprint density at radius 2 is 0.739 bits per heavy atom. The van der Waals surface area contributed by atoms with Crippen LogP contribution in [-0.4, -0.2) is 122 Å². The average Bonchev–Trinajstić information content (AvgIpc) is 1.69. The maximum Gasteiger partial charge on any atom is 0.203 e. The van der Waals surface area contributed by atoms with Crippen molar-refractivity contribution in [1.29, 1.82) is 10.5 Å². The minimum Gasteiger partial charge on any atom is -0.488 e. The summed E-state index contributed by atoms with van der Waals surface area (Å²) in [5.41, 5.74) is 13.5. The van der Waals surface area contributed by atoms with Crippen LogP contribution in [-0.2, 0) is 71.8 Å². The first-order valence-corrected chi connectivity index (χ1v) is 37.7. The van der Waals surface area contributed by atoms with E-state index < -0.39 is 0 Å². The number of ether oxygens (including phenoxy) is 3. The van der Waals surface area contributed by atoms with Gasteiger partial charge in [0.1, 0.15) is 60.7 Å². The number of halogens is 2. The highest BCUT2D eigenvalue weighted by Crippen LogP contribution is 2.38. The molecule has 0 amide bonds. The number of aryl methyl sites for hydroxylation is 3. The zero-order valence-corrected chi connectivity index (χ0v) is 65.8. The third-order valence-electron chi connectivity index (χ3n) is 20.7. The molecule has 5 aromatic heterocycles. The lowest BCUT2D eigenvalue weighted by Crippen LogP contribution is -2.33. The van der Waals surface area contributed by atoms with Gasteiger partial charge in [0, 0.05) is 35.8 Å². The van der Waals surface area contributed by atoms with Crippen molar-refractivity contribution in [3.8, 4) is 29.4 Å². The van der Waals surface area contributed by atoms with Crippen LogP contribution in [0.5, 0.6) is 17.2 Å². The Morgan fingerprint density at radius 1 is 0.432 bits per heavy atom. The van der Waals surface area contributed by atoms with E-state index in [1.54, 1.807) is 12.1 Å². The summed E-state index contributed by atoms with van der Waals surface area (Å²) in [5.74, 6) is 6.93. The Kier molecular flexibility index (Phi) is 30.6. The van der Waals surface area contributed by atoms with Crippen LogP contribution < -0.4 is 19.5 Å². The van der Waals surface area contributed by atoms with E-state index in [4.69, 9.17) is 66.9 Å². The molecule has 0 saturated carbocycles. The van der Waals surface area contributed by atoms with Gasteiger partial charge in [0.25, 0.3) is 0 Å². The molecule has 0 bridgehead atoms. The van der Waals surface area contributed by atoms with Gasteiger partial charge in [-0.1, -0.05) is 88.3 Å². The molecular formula is C87H98Cl2N14O8. The number of nitriles is 2.